The molecule has 1 saturated carbocycles. The molecule has 13 heavy (non-hydrogen) atoms. The van der Waals surface area contributed by atoms with Crippen LogP contribution in [-0.4, -0.2) is 19.3 Å². The first-order chi connectivity index (χ1) is 6.28. The van der Waals surface area contributed by atoms with Crippen LogP contribution in [0.2, 0.25) is 0 Å². The molecule has 3 nitrogen and oxygen atoms in total. The summed E-state index contributed by atoms with van der Waals surface area (Å²) in [5.74, 6) is 0.0816. The first kappa shape index (κ1) is 8.98. The van der Waals surface area contributed by atoms with Gasteiger partial charge in [-0.3, -0.25) is 0 Å². The number of nitriles is 1. The fraction of sp³-hybridized carbons (Fsp3) is 0.900. The van der Waals surface area contributed by atoms with Gasteiger partial charge in [-0.1, -0.05) is 0 Å². The highest BCUT2D eigenvalue weighted by atomic mass is 16.5. The SMILES string of the molecule is N#CC1CCC2(CCOCC2)C1N. The van der Waals surface area contributed by atoms with Gasteiger partial charge < -0.3 is 10.5 Å². The van der Waals surface area contributed by atoms with Crippen molar-refractivity contribution in [2.45, 2.75) is 31.7 Å². The molecular weight excluding hydrogens is 164 g/mol. The number of hydrogen-bond acceptors (Lipinski definition) is 3. The molecule has 1 saturated heterocycles. The van der Waals surface area contributed by atoms with Crippen LogP contribution in [0.25, 0.3) is 0 Å². The lowest BCUT2D eigenvalue weighted by atomic mass is 9.75. The molecule has 0 aromatic rings. The smallest absolute Gasteiger partial charge is 0.0672 e. The Balaban J connectivity index is 2.11. The Kier molecular flexibility index (Phi) is 2.27. The van der Waals surface area contributed by atoms with E-state index < -0.39 is 0 Å². The van der Waals surface area contributed by atoms with Crippen molar-refractivity contribution >= 4 is 0 Å². The Morgan fingerprint density at radius 1 is 1.31 bits per heavy atom. The summed E-state index contributed by atoms with van der Waals surface area (Å²) >= 11 is 0. The molecule has 3 heteroatoms. The summed E-state index contributed by atoms with van der Waals surface area (Å²) in [4.78, 5) is 0. The highest BCUT2D eigenvalue weighted by Gasteiger charge is 2.47. The van der Waals surface area contributed by atoms with Gasteiger partial charge in [-0.2, -0.15) is 5.26 Å². The predicted molar refractivity (Wildman–Crippen MR) is 48.8 cm³/mol. The third kappa shape index (κ3) is 1.34. The van der Waals surface area contributed by atoms with Crippen LogP contribution in [0.5, 0.6) is 0 Å². The van der Waals surface area contributed by atoms with Gasteiger partial charge in [0.2, 0.25) is 0 Å². The second kappa shape index (κ2) is 3.28. The molecule has 1 aliphatic heterocycles. The van der Waals surface area contributed by atoms with Gasteiger partial charge >= 0.3 is 0 Å². The zero-order valence-electron chi connectivity index (χ0n) is 7.83. The van der Waals surface area contributed by atoms with Crippen LogP contribution in [0, 0.1) is 22.7 Å². The van der Waals surface area contributed by atoms with Gasteiger partial charge in [-0.15, -0.1) is 0 Å². The van der Waals surface area contributed by atoms with Crippen molar-refractivity contribution in [3.63, 3.8) is 0 Å². The molecule has 1 aliphatic carbocycles. The molecule has 0 bridgehead atoms. The van der Waals surface area contributed by atoms with Gasteiger partial charge in [0.25, 0.3) is 0 Å². The number of nitrogens with two attached hydrogens (primary N) is 1. The maximum Gasteiger partial charge on any atom is 0.0672 e. The lowest BCUT2D eigenvalue weighted by Gasteiger charge is -2.37. The highest BCUT2D eigenvalue weighted by Crippen LogP contribution is 2.47. The monoisotopic (exact) mass is 180 g/mol. The Labute approximate surface area is 78.9 Å². The second-order valence-corrected chi connectivity index (χ2v) is 4.27. The van der Waals surface area contributed by atoms with Gasteiger partial charge in [0, 0.05) is 19.3 Å². The number of nitrogens with zero attached hydrogens (tertiary/aromatic N) is 1. The molecule has 0 amide bonds. The molecule has 0 aromatic heterocycles. The van der Waals surface area contributed by atoms with E-state index in [1.54, 1.807) is 0 Å². The molecule has 1 spiro atoms. The lowest BCUT2D eigenvalue weighted by Crippen LogP contribution is -2.44. The summed E-state index contributed by atoms with van der Waals surface area (Å²) in [5.41, 5.74) is 6.36. The average molecular weight is 180 g/mol. The third-order valence-corrected chi connectivity index (χ3v) is 3.75. The molecule has 0 radical (unpaired) electrons. The van der Waals surface area contributed by atoms with E-state index in [0.29, 0.717) is 0 Å². The lowest BCUT2D eigenvalue weighted by molar-refractivity contribution is 0.00885. The maximum absolute atomic E-state index is 8.89. The second-order valence-electron chi connectivity index (χ2n) is 4.27. The molecule has 2 atom stereocenters. The third-order valence-electron chi connectivity index (χ3n) is 3.75. The summed E-state index contributed by atoms with van der Waals surface area (Å²) < 4.78 is 5.33. The van der Waals surface area contributed by atoms with Crippen molar-refractivity contribution in [1.82, 2.24) is 0 Å². The van der Waals surface area contributed by atoms with Crippen molar-refractivity contribution in [2.75, 3.05) is 13.2 Å². The van der Waals surface area contributed by atoms with Gasteiger partial charge in [0.15, 0.2) is 0 Å². The fourth-order valence-electron chi connectivity index (χ4n) is 2.72. The van der Waals surface area contributed by atoms with Crippen molar-refractivity contribution in [2.24, 2.45) is 17.1 Å². The quantitative estimate of drug-likeness (QED) is 0.606. The topological polar surface area (TPSA) is 59.0 Å². The van der Waals surface area contributed by atoms with E-state index in [-0.39, 0.29) is 17.4 Å². The maximum atomic E-state index is 8.89. The minimum Gasteiger partial charge on any atom is -0.381 e. The van der Waals surface area contributed by atoms with E-state index in [2.05, 4.69) is 6.07 Å². The average Bonchev–Trinajstić information content (AvgIpc) is 2.47. The predicted octanol–water partition coefficient (Wildman–Crippen LogP) is 1.04. The zero-order valence-corrected chi connectivity index (χ0v) is 7.83. The molecule has 0 aromatic carbocycles. The van der Waals surface area contributed by atoms with Crippen molar-refractivity contribution in [3.05, 3.63) is 0 Å². The van der Waals surface area contributed by atoms with Crippen LogP contribution in [0.4, 0.5) is 0 Å². The summed E-state index contributed by atoms with van der Waals surface area (Å²) in [7, 11) is 0. The van der Waals surface area contributed by atoms with Crippen molar-refractivity contribution < 1.29 is 4.74 Å². The van der Waals surface area contributed by atoms with Gasteiger partial charge in [0.05, 0.1) is 12.0 Å². The Bertz CT molecular complexity index is 228. The van der Waals surface area contributed by atoms with Gasteiger partial charge in [-0.25, -0.2) is 0 Å². The normalized spacial score (nSPS) is 37.5. The summed E-state index contributed by atoms with van der Waals surface area (Å²) in [6, 6.07) is 2.40. The van der Waals surface area contributed by atoms with E-state index in [1.165, 1.54) is 0 Å². The molecule has 1 heterocycles. The summed E-state index contributed by atoms with van der Waals surface area (Å²) in [5, 5.41) is 8.89. The van der Waals surface area contributed by atoms with Crippen LogP contribution in [0.15, 0.2) is 0 Å². The van der Waals surface area contributed by atoms with Crippen LogP contribution in [0.1, 0.15) is 25.7 Å². The Morgan fingerprint density at radius 2 is 2.00 bits per heavy atom. The van der Waals surface area contributed by atoms with E-state index in [9.17, 15) is 0 Å². The van der Waals surface area contributed by atoms with Gasteiger partial charge in [0.1, 0.15) is 0 Å². The number of rotatable bonds is 0. The molecule has 2 N–H and O–H groups in total. The first-order valence-corrected chi connectivity index (χ1v) is 5.01. The molecule has 72 valence electrons. The zero-order chi connectivity index (χ0) is 9.31. The first-order valence-electron chi connectivity index (χ1n) is 5.01. The van der Waals surface area contributed by atoms with Crippen LogP contribution in [0.3, 0.4) is 0 Å². The van der Waals surface area contributed by atoms with E-state index >= 15 is 0 Å². The Hall–Kier alpha value is -0.590. The molecule has 2 fully saturated rings. The highest BCUT2D eigenvalue weighted by molar-refractivity contribution is 5.07. The fourth-order valence-corrected chi connectivity index (χ4v) is 2.72. The van der Waals surface area contributed by atoms with E-state index in [4.69, 9.17) is 15.7 Å². The molecule has 2 unspecified atom stereocenters. The number of hydrogen-bond donors (Lipinski definition) is 1. The van der Waals surface area contributed by atoms with Crippen molar-refractivity contribution in [1.29, 1.82) is 5.26 Å². The molecule has 2 rings (SSSR count). The Morgan fingerprint density at radius 3 is 2.54 bits per heavy atom. The van der Waals surface area contributed by atoms with Crippen LogP contribution < -0.4 is 5.73 Å². The summed E-state index contributed by atoms with van der Waals surface area (Å²) in [6.45, 7) is 1.65. The minimum atomic E-state index is 0.0816. The van der Waals surface area contributed by atoms with E-state index in [1.807, 2.05) is 0 Å². The van der Waals surface area contributed by atoms with Crippen LogP contribution in [-0.2, 0) is 4.74 Å². The van der Waals surface area contributed by atoms with Gasteiger partial charge in [-0.05, 0) is 31.1 Å². The molecule has 2 aliphatic rings. The van der Waals surface area contributed by atoms with Crippen molar-refractivity contribution in [3.8, 4) is 6.07 Å². The largest absolute Gasteiger partial charge is 0.381 e. The summed E-state index contributed by atoms with van der Waals surface area (Å²) in [6.07, 6.45) is 4.20. The van der Waals surface area contributed by atoms with Crippen LogP contribution >= 0.6 is 0 Å². The molecular formula is C10H16N2O. The number of ether oxygens (including phenoxy) is 1. The minimum absolute atomic E-state index is 0.0816. The van der Waals surface area contributed by atoms with E-state index in [0.717, 1.165) is 38.9 Å². The standard InChI is InChI=1S/C10H16N2O/c11-7-8-1-2-10(9(8)12)3-5-13-6-4-10/h8-9H,1-6,12H2.